The molecule has 0 radical (unpaired) electrons. The van der Waals surface area contributed by atoms with Crippen LogP contribution in [0.25, 0.3) is 0 Å². The number of hydrogen-bond acceptors (Lipinski definition) is 3. The van der Waals surface area contributed by atoms with Crippen molar-refractivity contribution < 1.29 is 27.5 Å². The highest BCUT2D eigenvalue weighted by molar-refractivity contribution is 5.83. The van der Waals surface area contributed by atoms with E-state index in [4.69, 9.17) is 4.74 Å². The fraction of sp³-hybridized carbons (Fsp3) is 0.846. The third-order valence-corrected chi connectivity index (χ3v) is 2.38. The predicted molar refractivity (Wildman–Crippen MR) is 67.9 cm³/mol. The van der Waals surface area contributed by atoms with Crippen molar-refractivity contribution in [1.82, 2.24) is 4.90 Å². The molecular formula is C13H22F3NO3. The maximum Gasteiger partial charge on any atom is 0.406 e. The molecule has 0 spiro atoms. The monoisotopic (exact) mass is 297 g/mol. The molecule has 0 saturated carbocycles. The van der Waals surface area contributed by atoms with Gasteiger partial charge in [-0.1, -0.05) is 6.92 Å². The van der Waals surface area contributed by atoms with Crippen molar-refractivity contribution in [3.8, 4) is 0 Å². The van der Waals surface area contributed by atoms with E-state index in [0.717, 1.165) is 0 Å². The number of ether oxygens (including phenoxy) is 1. The van der Waals surface area contributed by atoms with Crippen molar-refractivity contribution in [3.05, 3.63) is 0 Å². The van der Waals surface area contributed by atoms with Crippen molar-refractivity contribution in [1.29, 1.82) is 0 Å². The number of carbonyl (C=O) groups excluding carboxylic acids is 2. The fourth-order valence-corrected chi connectivity index (χ4v) is 1.59. The van der Waals surface area contributed by atoms with Gasteiger partial charge in [-0.2, -0.15) is 13.2 Å². The molecule has 118 valence electrons. The van der Waals surface area contributed by atoms with E-state index in [1.165, 1.54) is 13.8 Å². The molecule has 0 aromatic rings. The molecule has 0 heterocycles. The van der Waals surface area contributed by atoms with E-state index in [2.05, 4.69) is 0 Å². The number of alkyl halides is 3. The zero-order valence-electron chi connectivity index (χ0n) is 12.5. The molecule has 20 heavy (non-hydrogen) atoms. The minimum Gasteiger partial charge on any atom is -0.460 e. The molecule has 0 N–H and O–H groups in total. The molecule has 7 heteroatoms. The topological polar surface area (TPSA) is 46.6 Å². The van der Waals surface area contributed by atoms with Gasteiger partial charge in [0.05, 0.1) is 6.42 Å². The quantitative estimate of drug-likeness (QED) is 0.733. The van der Waals surface area contributed by atoms with E-state index in [9.17, 15) is 22.8 Å². The van der Waals surface area contributed by atoms with Gasteiger partial charge in [0, 0.05) is 12.5 Å². The summed E-state index contributed by atoms with van der Waals surface area (Å²) in [5.41, 5.74) is -0.684. The molecule has 0 aliphatic carbocycles. The minimum absolute atomic E-state index is 0.0585. The standard InChI is InChI=1S/C13H22F3NO3/c1-6-17(8-13(14,15)16)11(19)9(2)7-10(18)20-12(3,4)5/h9H,6-8H2,1-5H3/t9-/m0/s1. The van der Waals surface area contributed by atoms with Gasteiger partial charge in [0.25, 0.3) is 0 Å². The van der Waals surface area contributed by atoms with Crippen molar-refractivity contribution in [3.63, 3.8) is 0 Å². The van der Waals surface area contributed by atoms with Crippen LogP contribution in [0.5, 0.6) is 0 Å². The van der Waals surface area contributed by atoms with E-state index < -0.39 is 36.1 Å². The first-order valence-electron chi connectivity index (χ1n) is 6.43. The molecule has 0 bridgehead atoms. The van der Waals surface area contributed by atoms with Crippen LogP contribution in [-0.4, -0.2) is 41.6 Å². The molecule has 4 nitrogen and oxygen atoms in total. The van der Waals surface area contributed by atoms with E-state index in [-0.39, 0.29) is 13.0 Å². The van der Waals surface area contributed by atoms with Crippen molar-refractivity contribution in [2.24, 2.45) is 5.92 Å². The number of carbonyl (C=O) groups is 2. The van der Waals surface area contributed by atoms with E-state index in [0.29, 0.717) is 4.90 Å². The molecule has 1 amide bonds. The summed E-state index contributed by atoms with van der Waals surface area (Å²) in [7, 11) is 0. The summed E-state index contributed by atoms with van der Waals surface area (Å²) in [6.07, 6.45) is -4.68. The zero-order valence-corrected chi connectivity index (χ0v) is 12.5. The molecule has 0 aromatic carbocycles. The van der Waals surface area contributed by atoms with Crippen LogP contribution in [0.4, 0.5) is 13.2 Å². The normalized spacial score (nSPS) is 13.8. The maximum absolute atomic E-state index is 12.3. The van der Waals surface area contributed by atoms with Gasteiger partial charge in [0.1, 0.15) is 12.1 Å². The first kappa shape index (κ1) is 18.7. The summed E-state index contributed by atoms with van der Waals surface area (Å²) in [5, 5.41) is 0. The number of halogens is 3. The summed E-state index contributed by atoms with van der Waals surface area (Å²) in [6, 6.07) is 0. The molecule has 0 rings (SSSR count). The third-order valence-electron chi connectivity index (χ3n) is 2.38. The lowest BCUT2D eigenvalue weighted by Gasteiger charge is -2.26. The van der Waals surface area contributed by atoms with Gasteiger partial charge < -0.3 is 9.64 Å². The highest BCUT2D eigenvalue weighted by atomic mass is 19.4. The SMILES string of the molecule is CCN(CC(F)(F)F)C(=O)[C@@H](C)CC(=O)OC(C)(C)C. The van der Waals surface area contributed by atoms with Crippen LogP contribution in [0.15, 0.2) is 0 Å². The second-order valence-corrected chi connectivity index (χ2v) is 5.66. The van der Waals surface area contributed by atoms with Gasteiger partial charge in [-0.05, 0) is 27.7 Å². The number of esters is 1. The third kappa shape index (κ3) is 8.01. The van der Waals surface area contributed by atoms with E-state index in [1.54, 1.807) is 20.8 Å². The Bertz CT molecular complexity index is 348. The van der Waals surface area contributed by atoms with Gasteiger partial charge in [0.15, 0.2) is 0 Å². The van der Waals surface area contributed by atoms with Crippen LogP contribution in [0, 0.1) is 5.92 Å². The van der Waals surface area contributed by atoms with Gasteiger partial charge >= 0.3 is 12.1 Å². The Morgan fingerprint density at radius 3 is 2.05 bits per heavy atom. The van der Waals surface area contributed by atoms with Crippen LogP contribution >= 0.6 is 0 Å². The second-order valence-electron chi connectivity index (χ2n) is 5.66. The molecule has 0 fully saturated rings. The lowest BCUT2D eigenvalue weighted by atomic mass is 10.1. The number of rotatable bonds is 5. The van der Waals surface area contributed by atoms with Gasteiger partial charge in [-0.25, -0.2) is 0 Å². The molecule has 0 aliphatic rings. The Kier molecular flexibility index (Phi) is 6.50. The summed E-state index contributed by atoms with van der Waals surface area (Å²) >= 11 is 0. The summed E-state index contributed by atoms with van der Waals surface area (Å²) in [5.74, 6) is -2.13. The zero-order chi connectivity index (χ0) is 16.1. The highest BCUT2D eigenvalue weighted by Crippen LogP contribution is 2.19. The van der Waals surface area contributed by atoms with Crippen LogP contribution in [0.3, 0.4) is 0 Å². The average Bonchev–Trinajstić information content (AvgIpc) is 2.20. The Labute approximate surface area is 117 Å². The van der Waals surface area contributed by atoms with Gasteiger partial charge in [-0.15, -0.1) is 0 Å². The van der Waals surface area contributed by atoms with E-state index >= 15 is 0 Å². The Balaban J connectivity index is 4.56. The second kappa shape index (κ2) is 6.95. The Morgan fingerprint density at radius 1 is 1.20 bits per heavy atom. The highest BCUT2D eigenvalue weighted by Gasteiger charge is 2.34. The number of nitrogens with zero attached hydrogens (tertiary/aromatic N) is 1. The van der Waals surface area contributed by atoms with Gasteiger partial charge in [0.2, 0.25) is 5.91 Å². The predicted octanol–water partition coefficient (Wildman–Crippen LogP) is 2.77. The summed E-state index contributed by atoms with van der Waals surface area (Å²) in [4.78, 5) is 24.1. The first-order chi connectivity index (χ1) is 8.85. The molecule has 0 saturated heterocycles. The molecule has 0 unspecified atom stereocenters. The smallest absolute Gasteiger partial charge is 0.406 e. The van der Waals surface area contributed by atoms with E-state index in [1.807, 2.05) is 0 Å². The lowest BCUT2D eigenvalue weighted by Crippen LogP contribution is -2.42. The number of amides is 1. The van der Waals surface area contributed by atoms with Crippen LogP contribution in [0.1, 0.15) is 41.0 Å². The van der Waals surface area contributed by atoms with Gasteiger partial charge in [-0.3, -0.25) is 9.59 Å². The Morgan fingerprint density at radius 2 is 1.70 bits per heavy atom. The number of hydrogen-bond donors (Lipinski definition) is 0. The largest absolute Gasteiger partial charge is 0.460 e. The molecule has 1 atom stereocenters. The van der Waals surface area contributed by atoms with Crippen molar-refractivity contribution in [2.45, 2.75) is 52.8 Å². The fourth-order valence-electron chi connectivity index (χ4n) is 1.59. The van der Waals surface area contributed by atoms with Crippen LogP contribution in [0.2, 0.25) is 0 Å². The van der Waals surface area contributed by atoms with Crippen LogP contribution < -0.4 is 0 Å². The van der Waals surface area contributed by atoms with Crippen LogP contribution in [-0.2, 0) is 14.3 Å². The van der Waals surface area contributed by atoms with Crippen molar-refractivity contribution >= 4 is 11.9 Å². The average molecular weight is 297 g/mol. The molecule has 0 aliphatic heterocycles. The molecule has 0 aromatic heterocycles. The summed E-state index contributed by atoms with van der Waals surface area (Å²) < 4.78 is 42.0. The minimum atomic E-state index is -4.45. The maximum atomic E-state index is 12.3. The Hall–Kier alpha value is -1.27. The lowest BCUT2D eigenvalue weighted by molar-refractivity contribution is -0.166. The van der Waals surface area contributed by atoms with Crippen molar-refractivity contribution in [2.75, 3.05) is 13.1 Å². The first-order valence-corrected chi connectivity index (χ1v) is 6.43. The molecular weight excluding hydrogens is 275 g/mol. The summed E-state index contributed by atoms with van der Waals surface area (Å²) in [6.45, 7) is 6.56.